The fourth-order valence-electron chi connectivity index (χ4n) is 1.37. The SMILES string of the molecule is CC(C)(C)CCCCNC(=O)NC(C)(C)C. The van der Waals surface area contributed by atoms with Crippen molar-refractivity contribution in [2.24, 2.45) is 5.41 Å². The van der Waals surface area contributed by atoms with Gasteiger partial charge in [-0.15, -0.1) is 0 Å². The van der Waals surface area contributed by atoms with Gasteiger partial charge in [0.05, 0.1) is 0 Å². The van der Waals surface area contributed by atoms with Crippen molar-refractivity contribution in [2.45, 2.75) is 66.3 Å². The predicted octanol–water partition coefficient (Wildman–Crippen LogP) is 3.30. The van der Waals surface area contributed by atoms with Crippen LogP contribution in [0.3, 0.4) is 0 Å². The van der Waals surface area contributed by atoms with Crippen LogP contribution < -0.4 is 10.6 Å². The van der Waals surface area contributed by atoms with Crippen molar-refractivity contribution in [2.75, 3.05) is 6.54 Å². The van der Waals surface area contributed by atoms with Gasteiger partial charge in [-0.1, -0.05) is 27.2 Å². The summed E-state index contributed by atoms with van der Waals surface area (Å²) < 4.78 is 0. The van der Waals surface area contributed by atoms with Crippen LogP contribution in [0.25, 0.3) is 0 Å². The Morgan fingerprint density at radius 2 is 1.56 bits per heavy atom. The molecule has 0 aliphatic heterocycles. The van der Waals surface area contributed by atoms with Gasteiger partial charge >= 0.3 is 6.03 Å². The van der Waals surface area contributed by atoms with Gasteiger partial charge < -0.3 is 10.6 Å². The highest BCUT2D eigenvalue weighted by atomic mass is 16.2. The Kier molecular flexibility index (Phi) is 5.84. The van der Waals surface area contributed by atoms with Crippen molar-refractivity contribution in [1.29, 1.82) is 0 Å². The van der Waals surface area contributed by atoms with Crippen LogP contribution in [0.1, 0.15) is 60.8 Å². The molecule has 0 radical (unpaired) electrons. The smallest absolute Gasteiger partial charge is 0.315 e. The molecule has 0 aromatic heterocycles. The molecule has 16 heavy (non-hydrogen) atoms. The Labute approximate surface area is 100 Å². The molecular weight excluding hydrogens is 200 g/mol. The van der Waals surface area contributed by atoms with Crippen molar-refractivity contribution < 1.29 is 4.79 Å². The van der Waals surface area contributed by atoms with E-state index in [1.165, 1.54) is 12.8 Å². The molecule has 0 aliphatic carbocycles. The minimum atomic E-state index is -0.157. The summed E-state index contributed by atoms with van der Waals surface area (Å²) in [5.41, 5.74) is 0.239. The number of unbranched alkanes of at least 4 members (excludes halogenated alkanes) is 1. The lowest BCUT2D eigenvalue weighted by molar-refractivity contribution is 0.231. The summed E-state index contributed by atoms with van der Waals surface area (Å²) in [6.07, 6.45) is 3.42. The normalized spacial score (nSPS) is 12.4. The van der Waals surface area contributed by atoms with E-state index >= 15 is 0 Å². The molecule has 0 aromatic carbocycles. The molecule has 0 spiro atoms. The van der Waals surface area contributed by atoms with E-state index in [0.717, 1.165) is 13.0 Å². The second-order valence-electron chi connectivity index (χ2n) is 6.65. The summed E-state index contributed by atoms with van der Waals surface area (Å²) in [5.74, 6) is 0. The number of hydrogen-bond donors (Lipinski definition) is 2. The topological polar surface area (TPSA) is 41.1 Å². The number of nitrogens with one attached hydrogen (secondary N) is 2. The maximum atomic E-state index is 11.4. The van der Waals surface area contributed by atoms with Crippen LogP contribution in [0, 0.1) is 5.41 Å². The molecule has 0 heterocycles. The van der Waals surface area contributed by atoms with Gasteiger partial charge in [-0.3, -0.25) is 0 Å². The Morgan fingerprint density at radius 3 is 2.00 bits per heavy atom. The lowest BCUT2D eigenvalue weighted by Gasteiger charge is -2.21. The van der Waals surface area contributed by atoms with Crippen molar-refractivity contribution in [3.05, 3.63) is 0 Å². The van der Waals surface area contributed by atoms with Crippen LogP contribution in [0.4, 0.5) is 4.79 Å². The van der Waals surface area contributed by atoms with Crippen LogP contribution in [0.15, 0.2) is 0 Å². The molecule has 96 valence electrons. The standard InChI is InChI=1S/C13H28N2O/c1-12(2,3)9-7-8-10-14-11(16)15-13(4,5)6/h7-10H2,1-6H3,(H2,14,15,16). The number of carbonyl (C=O) groups excluding carboxylic acids is 1. The zero-order valence-corrected chi connectivity index (χ0v) is 11.7. The number of carbonyl (C=O) groups is 1. The highest BCUT2D eigenvalue weighted by Gasteiger charge is 2.13. The maximum absolute atomic E-state index is 11.4. The second-order valence-corrected chi connectivity index (χ2v) is 6.65. The minimum Gasteiger partial charge on any atom is -0.338 e. The predicted molar refractivity (Wildman–Crippen MR) is 69.6 cm³/mol. The van der Waals surface area contributed by atoms with Crippen LogP contribution in [0.5, 0.6) is 0 Å². The van der Waals surface area contributed by atoms with E-state index in [4.69, 9.17) is 0 Å². The molecule has 3 heteroatoms. The third-order valence-electron chi connectivity index (χ3n) is 2.13. The summed E-state index contributed by atoms with van der Waals surface area (Å²) in [5, 5.41) is 5.75. The summed E-state index contributed by atoms with van der Waals surface area (Å²) >= 11 is 0. The van der Waals surface area contributed by atoms with E-state index in [1.54, 1.807) is 0 Å². The number of hydrogen-bond acceptors (Lipinski definition) is 1. The average Bonchev–Trinajstić information content (AvgIpc) is 1.97. The molecule has 3 nitrogen and oxygen atoms in total. The van der Waals surface area contributed by atoms with Crippen molar-refractivity contribution in [3.8, 4) is 0 Å². The van der Waals surface area contributed by atoms with E-state index in [1.807, 2.05) is 20.8 Å². The number of rotatable bonds is 4. The quantitative estimate of drug-likeness (QED) is 0.712. The molecule has 0 aliphatic rings. The molecule has 0 fully saturated rings. The fraction of sp³-hybridized carbons (Fsp3) is 0.923. The first-order chi connectivity index (χ1) is 7.10. The second kappa shape index (κ2) is 6.12. The summed E-state index contributed by atoms with van der Waals surface area (Å²) in [6, 6.07) is -0.0664. The lowest BCUT2D eigenvalue weighted by Crippen LogP contribution is -2.46. The van der Waals surface area contributed by atoms with Gasteiger partial charge in [0.25, 0.3) is 0 Å². The lowest BCUT2D eigenvalue weighted by atomic mass is 9.90. The summed E-state index contributed by atoms with van der Waals surface area (Å²) in [7, 11) is 0. The van der Waals surface area contributed by atoms with Crippen LogP contribution in [-0.4, -0.2) is 18.1 Å². The summed E-state index contributed by atoms with van der Waals surface area (Å²) in [6.45, 7) is 13.4. The van der Waals surface area contributed by atoms with E-state index in [-0.39, 0.29) is 11.6 Å². The minimum absolute atomic E-state index is 0.0664. The van der Waals surface area contributed by atoms with E-state index < -0.39 is 0 Å². The molecular formula is C13H28N2O. The molecule has 0 saturated carbocycles. The highest BCUT2D eigenvalue weighted by Crippen LogP contribution is 2.21. The van der Waals surface area contributed by atoms with Gasteiger partial charge in [0.1, 0.15) is 0 Å². The Balaban J connectivity index is 3.50. The van der Waals surface area contributed by atoms with Gasteiger partial charge in [0.15, 0.2) is 0 Å². The number of urea groups is 1. The Bertz CT molecular complexity index is 211. The fourth-order valence-corrected chi connectivity index (χ4v) is 1.37. The van der Waals surface area contributed by atoms with Crippen LogP contribution in [0.2, 0.25) is 0 Å². The zero-order valence-electron chi connectivity index (χ0n) is 11.7. The zero-order chi connectivity index (χ0) is 12.8. The monoisotopic (exact) mass is 228 g/mol. The van der Waals surface area contributed by atoms with Gasteiger partial charge in [-0.05, 0) is 39.0 Å². The first kappa shape index (κ1) is 15.3. The first-order valence-corrected chi connectivity index (χ1v) is 6.16. The van der Waals surface area contributed by atoms with Crippen LogP contribution >= 0.6 is 0 Å². The van der Waals surface area contributed by atoms with Crippen molar-refractivity contribution in [1.82, 2.24) is 10.6 Å². The van der Waals surface area contributed by atoms with Crippen LogP contribution in [-0.2, 0) is 0 Å². The third kappa shape index (κ3) is 11.3. The maximum Gasteiger partial charge on any atom is 0.315 e. The molecule has 0 aromatic rings. The van der Waals surface area contributed by atoms with Crippen molar-refractivity contribution in [3.63, 3.8) is 0 Å². The van der Waals surface area contributed by atoms with E-state index in [9.17, 15) is 4.79 Å². The molecule has 0 bridgehead atoms. The van der Waals surface area contributed by atoms with E-state index in [2.05, 4.69) is 31.4 Å². The molecule has 2 N–H and O–H groups in total. The molecule has 0 rings (SSSR count). The van der Waals surface area contributed by atoms with Gasteiger partial charge in [0.2, 0.25) is 0 Å². The molecule has 0 atom stereocenters. The molecule has 0 saturated heterocycles. The summed E-state index contributed by atoms with van der Waals surface area (Å²) in [4.78, 5) is 11.4. The third-order valence-corrected chi connectivity index (χ3v) is 2.13. The Hall–Kier alpha value is -0.730. The molecule has 0 unspecified atom stereocenters. The highest BCUT2D eigenvalue weighted by molar-refractivity contribution is 5.74. The van der Waals surface area contributed by atoms with Gasteiger partial charge in [-0.2, -0.15) is 0 Å². The molecule has 2 amide bonds. The van der Waals surface area contributed by atoms with Crippen molar-refractivity contribution >= 4 is 6.03 Å². The number of amides is 2. The largest absolute Gasteiger partial charge is 0.338 e. The van der Waals surface area contributed by atoms with E-state index in [0.29, 0.717) is 5.41 Å². The Morgan fingerprint density at radius 1 is 1.00 bits per heavy atom. The first-order valence-electron chi connectivity index (χ1n) is 6.16. The average molecular weight is 228 g/mol. The van der Waals surface area contributed by atoms with Gasteiger partial charge in [-0.25, -0.2) is 4.79 Å². The van der Waals surface area contributed by atoms with Gasteiger partial charge in [0, 0.05) is 12.1 Å².